The number of rotatable bonds is 6. The summed E-state index contributed by atoms with van der Waals surface area (Å²) >= 11 is 0. The first-order valence-corrected chi connectivity index (χ1v) is 12.1. The molecule has 0 N–H and O–H groups in total. The maximum absolute atomic E-state index is 13.1. The van der Waals surface area contributed by atoms with Crippen molar-refractivity contribution in [3.05, 3.63) is 66.0 Å². The molecule has 2 fully saturated rings. The second-order valence-corrected chi connectivity index (χ2v) is 10.2. The smallest absolute Gasteiger partial charge is 0.226 e. The average molecular weight is 445 g/mol. The van der Waals surface area contributed by atoms with Crippen LogP contribution in [0, 0.1) is 11.7 Å². The molecular weight excluding hydrogens is 419 g/mol. The van der Waals surface area contributed by atoms with Gasteiger partial charge in [-0.3, -0.25) is 9.59 Å². The fraction of sp³-hybridized carbons (Fsp3) is 0.391. The number of piperazine rings is 1. The molecule has 6 nitrogen and oxygen atoms in total. The number of hydrogen-bond acceptors (Lipinski definition) is 4. The van der Waals surface area contributed by atoms with Gasteiger partial charge in [0.05, 0.1) is 10.6 Å². The van der Waals surface area contributed by atoms with Crippen molar-refractivity contribution in [1.82, 2.24) is 9.80 Å². The summed E-state index contributed by atoms with van der Waals surface area (Å²) in [4.78, 5) is 28.9. The standard InChI is InChI=1S/C23H25FN2O4S/c24-18-8-6-17(7-9-18)20-16-21(20)23(28)26-13-11-25(12-14-26)22(27)10-15-31(29,30)19-4-2-1-3-5-19/h1-9,20-21H,10-16H2/t20-,21+/m1/s1. The minimum absolute atomic E-state index is 0.0690. The largest absolute Gasteiger partial charge is 0.339 e. The summed E-state index contributed by atoms with van der Waals surface area (Å²) in [6.07, 6.45) is 0.696. The van der Waals surface area contributed by atoms with Crippen molar-refractivity contribution >= 4 is 21.7 Å². The fourth-order valence-electron chi connectivity index (χ4n) is 4.08. The number of hydrogen-bond donors (Lipinski definition) is 0. The van der Waals surface area contributed by atoms with Gasteiger partial charge in [0.25, 0.3) is 0 Å². The number of benzene rings is 2. The molecule has 1 aliphatic heterocycles. The molecule has 2 aromatic carbocycles. The van der Waals surface area contributed by atoms with Crippen molar-refractivity contribution in [3.63, 3.8) is 0 Å². The Morgan fingerprint density at radius 1 is 0.903 bits per heavy atom. The summed E-state index contributed by atoms with van der Waals surface area (Å²) in [6, 6.07) is 14.4. The van der Waals surface area contributed by atoms with E-state index >= 15 is 0 Å². The van der Waals surface area contributed by atoms with Crippen LogP contribution in [0.25, 0.3) is 0 Å². The normalized spacial score (nSPS) is 21.1. The monoisotopic (exact) mass is 444 g/mol. The second-order valence-electron chi connectivity index (χ2n) is 8.09. The lowest BCUT2D eigenvalue weighted by atomic mass is 10.1. The van der Waals surface area contributed by atoms with Crippen molar-refractivity contribution < 1.29 is 22.4 Å². The molecule has 2 aromatic rings. The van der Waals surface area contributed by atoms with E-state index in [1.165, 1.54) is 24.3 Å². The zero-order valence-electron chi connectivity index (χ0n) is 17.1. The van der Waals surface area contributed by atoms with Crippen LogP contribution in [0.2, 0.25) is 0 Å². The molecule has 164 valence electrons. The Kier molecular flexibility index (Phi) is 6.09. The molecule has 2 amide bonds. The van der Waals surface area contributed by atoms with E-state index in [0.29, 0.717) is 26.2 Å². The van der Waals surface area contributed by atoms with Gasteiger partial charge in [0.2, 0.25) is 11.8 Å². The highest BCUT2D eigenvalue weighted by Crippen LogP contribution is 2.48. The van der Waals surface area contributed by atoms with Gasteiger partial charge in [-0.15, -0.1) is 0 Å². The molecule has 2 aliphatic rings. The molecule has 8 heteroatoms. The summed E-state index contributed by atoms with van der Waals surface area (Å²) in [5, 5.41) is 0. The lowest BCUT2D eigenvalue weighted by molar-refractivity contribution is -0.140. The molecule has 0 aromatic heterocycles. The van der Waals surface area contributed by atoms with Gasteiger partial charge >= 0.3 is 0 Å². The summed E-state index contributed by atoms with van der Waals surface area (Å²) in [6.45, 7) is 1.71. The molecule has 0 bridgehead atoms. The number of sulfone groups is 1. The summed E-state index contributed by atoms with van der Waals surface area (Å²) in [5.74, 6) is -0.587. The lowest BCUT2D eigenvalue weighted by Crippen LogP contribution is -2.51. The Morgan fingerprint density at radius 2 is 1.52 bits per heavy atom. The van der Waals surface area contributed by atoms with Crippen LogP contribution in [-0.4, -0.2) is 62.0 Å². The van der Waals surface area contributed by atoms with E-state index < -0.39 is 9.84 Å². The fourth-order valence-corrected chi connectivity index (χ4v) is 5.33. The van der Waals surface area contributed by atoms with Gasteiger partial charge in [0.15, 0.2) is 9.84 Å². The highest BCUT2D eigenvalue weighted by atomic mass is 32.2. The van der Waals surface area contributed by atoms with E-state index in [9.17, 15) is 22.4 Å². The van der Waals surface area contributed by atoms with Gasteiger partial charge in [0.1, 0.15) is 5.82 Å². The van der Waals surface area contributed by atoms with Gasteiger partial charge in [-0.25, -0.2) is 12.8 Å². The molecule has 1 aliphatic carbocycles. The maximum atomic E-state index is 13.1. The van der Waals surface area contributed by atoms with Crippen molar-refractivity contribution in [3.8, 4) is 0 Å². The van der Waals surface area contributed by atoms with Crippen molar-refractivity contribution in [2.75, 3.05) is 31.9 Å². The molecule has 0 spiro atoms. The Morgan fingerprint density at radius 3 is 2.16 bits per heavy atom. The van der Waals surface area contributed by atoms with Crippen LogP contribution in [0.1, 0.15) is 24.3 Å². The third-order valence-corrected chi connectivity index (χ3v) is 7.77. The number of carbonyl (C=O) groups is 2. The Balaban J connectivity index is 1.24. The van der Waals surface area contributed by atoms with Crippen LogP contribution in [0.3, 0.4) is 0 Å². The SMILES string of the molecule is O=C(CCS(=O)(=O)c1ccccc1)N1CCN(C(=O)[C@H]2C[C@@H]2c2ccc(F)cc2)CC1. The zero-order valence-corrected chi connectivity index (χ0v) is 17.9. The first-order valence-electron chi connectivity index (χ1n) is 10.4. The van der Waals surface area contributed by atoms with E-state index in [4.69, 9.17) is 0 Å². The first kappa shape index (κ1) is 21.5. The Hall–Kier alpha value is -2.74. The minimum atomic E-state index is -3.49. The van der Waals surface area contributed by atoms with Crippen LogP contribution >= 0.6 is 0 Å². The zero-order chi connectivity index (χ0) is 22.0. The number of amides is 2. The number of carbonyl (C=O) groups excluding carboxylic acids is 2. The van der Waals surface area contributed by atoms with E-state index in [2.05, 4.69) is 0 Å². The quantitative estimate of drug-likeness (QED) is 0.686. The van der Waals surface area contributed by atoms with Crippen molar-refractivity contribution in [1.29, 1.82) is 0 Å². The lowest BCUT2D eigenvalue weighted by Gasteiger charge is -2.35. The Bertz CT molecular complexity index is 1050. The van der Waals surface area contributed by atoms with Crippen LogP contribution < -0.4 is 0 Å². The van der Waals surface area contributed by atoms with Gasteiger partial charge in [-0.2, -0.15) is 0 Å². The summed E-state index contributed by atoms with van der Waals surface area (Å²) < 4.78 is 37.8. The van der Waals surface area contributed by atoms with E-state index in [-0.39, 0.29) is 46.5 Å². The van der Waals surface area contributed by atoms with E-state index in [1.807, 2.05) is 0 Å². The van der Waals surface area contributed by atoms with Crippen LogP contribution in [0.4, 0.5) is 4.39 Å². The maximum Gasteiger partial charge on any atom is 0.226 e. The molecule has 31 heavy (non-hydrogen) atoms. The van der Waals surface area contributed by atoms with Crippen molar-refractivity contribution in [2.45, 2.75) is 23.7 Å². The predicted molar refractivity (Wildman–Crippen MR) is 114 cm³/mol. The third kappa shape index (κ3) is 4.95. The molecule has 0 radical (unpaired) electrons. The molecule has 1 saturated carbocycles. The highest BCUT2D eigenvalue weighted by Gasteiger charge is 2.46. The summed E-state index contributed by atoms with van der Waals surface area (Å²) in [5.41, 5.74) is 0.980. The molecule has 0 unspecified atom stereocenters. The van der Waals surface area contributed by atoms with E-state index in [0.717, 1.165) is 12.0 Å². The van der Waals surface area contributed by atoms with Crippen molar-refractivity contribution in [2.24, 2.45) is 5.92 Å². The number of halogens is 1. The average Bonchev–Trinajstić information content (AvgIpc) is 3.59. The third-order valence-electron chi connectivity index (χ3n) is 6.04. The summed E-state index contributed by atoms with van der Waals surface area (Å²) in [7, 11) is -3.49. The van der Waals surface area contributed by atoms with Gasteiger partial charge < -0.3 is 9.80 Å². The van der Waals surface area contributed by atoms with Crippen LogP contribution in [0.5, 0.6) is 0 Å². The van der Waals surface area contributed by atoms with E-state index in [1.54, 1.807) is 40.1 Å². The molecule has 1 saturated heterocycles. The second kappa shape index (κ2) is 8.78. The molecule has 2 atom stereocenters. The topological polar surface area (TPSA) is 74.8 Å². The number of nitrogens with zero attached hydrogens (tertiary/aromatic N) is 2. The molecule has 1 heterocycles. The van der Waals surface area contributed by atoms with Crippen LogP contribution in [0.15, 0.2) is 59.5 Å². The van der Waals surface area contributed by atoms with Gasteiger partial charge in [-0.1, -0.05) is 30.3 Å². The van der Waals surface area contributed by atoms with Gasteiger partial charge in [0, 0.05) is 38.5 Å². The van der Waals surface area contributed by atoms with Crippen LogP contribution in [-0.2, 0) is 19.4 Å². The minimum Gasteiger partial charge on any atom is -0.339 e. The molecular formula is C23H25FN2O4S. The molecule has 4 rings (SSSR count). The predicted octanol–water partition coefficient (Wildman–Crippen LogP) is 2.46. The first-order chi connectivity index (χ1) is 14.8. The highest BCUT2D eigenvalue weighted by molar-refractivity contribution is 7.91. The van der Waals surface area contributed by atoms with Gasteiger partial charge in [-0.05, 0) is 42.2 Å². The Labute approximate surface area is 181 Å².